The number of rotatable bonds is 1. The van der Waals surface area contributed by atoms with Crippen molar-refractivity contribution in [3.63, 3.8) is 0 Å². The third-order valence-corrected chi connectivity index (χ3v) is 3.67. The predicted octanol–water partition coefficient (Wildman–Crippen LogP) is 1.44. The van der Waals surface area contributed by atoms with E-state index < -0.39 is 0 Å². The topological polar surface area (TPSA) is 35.2 Å². The average Bonchev–Trinajstić information content (AvgIpc) is 2.07. The maximum atomic E-state index is 6.15. The van der Waals surface area contributed by atoms with Gasteiger partial charge < -0.3 is 10.5 Å². The number of nitrogens with two attached hydrogens (primary N) is 1. The summed E-state index contributed by atoms with van der Waals surface area (Å²) in [5.41, 5.74) is 6.56. The summed E-state index contributed by atoms with van der Waals surface area (Å²) < 4.78 is 5.56. The lowest BCUT2D eigenvalue weighted by atomic mass is 9.64. The van der Waals surface area contributed by atoms with Gasteiger partial charge in [-0.25, -0.2) is 0 Å². The molecule has 2 N–H and O–H groups in total. The van der Waals surface area contributed by atoms with Gasteiger partial charge in [-0.3, -0.25) is 0 Å². The molecule has 3 fully saturated rings. The molecule has 64 valence electrons. The van der Waals surface area contributed by atoms with E-state index in [0.717, 1.165) is 0 Å². The molecule has 0 spiro atoms. The molecule has 0 aliphatic heterocycles. The summed E-state index contributed by atoms with van der Waals surface area (Å²) in [4.78, 5) is 0. The molecule has 3 aliphatic carbocycles. The van der Waals surface area contributed by atoms with E-state index in [9.17, 15) is 0 Å². The van der Waals surface area contributed by atoms with Crippen molar-refractivity contribution in [2.75, 3.05) is 7.11 Å². The highest BCUT2D eigenvalue weighted by molar-refractivity contribution is 5.03. The largest absolute Gasteiger partial charge is 0.378 e. The Kier molecular flexibility index (Phi) is 1.52. The summed E-state index contributed by atoms with van der Waals surface area (Å²) >= 11 is 0. The summed E-state index contributed by atoms with van der Waals surface area (Å²) in [6, 6.07) is 0. The molecule has 3 saturated carbocycles. The zero-order chi connectivity index (χ0) is 7.95. The Balaban J connectivity index is 2.12. The van der Waals surface area contributed by atoms with E-state index in [1.807, 2.05) is 7.11 Å². The highest BCUT2D eigenvalue weighted by atomic mass is 16.5. The molecule has 0 heterocycles. The van der Waals surface area contributed by atoms with Crippen molar-refractivity contribution >= 4 is 0 Å². The van der Waals surface area contributed by atoms with E-state index in [0.29, 0.717) is 0 Å². The van der Waals surface area contributed by atoms with Gasteiger partial charge in [-0.2, -0.15) is 0 Å². The summed E-state index contributed by atoms with van der Waals surface area (Å²) in [5.74, 6) is 0. The Hall–Kier alpha value is -0.0800. The van der Waals surface area contributed by atoms with E-state index in [1.54, 1.807) is 0 Å². The molecule has 0 amide bonds. The molecule has 0 saturated heterocycles. The molecule has 0 aromatic carbocycles. The van der Waals surface area contributed by atoms with Crippen LogP contribution in [0.15, 0.2) is 0 Å². The van der Waals surface area contributed by atoms with Crippen LogP contribution in [0.5, 0.6) is 0 Å². The SMILES string of the molecule is COC12CCC(N)(CC1)CC2. The fourth-order valence-corrected chi connectivity index (χ4v) is 2.49. The molecule has 0 radical (unpaired) electrons. The maximum Gasteiger partial charge on any atom is 0.0680 e. The van der Waals surface area contributed by atoms with Crippen molar-refractivity contribution in [2.45, 2.75) is 49.7 Å². The molecule has 2 nitrogen and oxygen atoms in total. The molecule has 2 bridgehead atoms. The van der Waals surface area contributed by atoms with Crippen molar-refractivity contribution in [1.82, 2.24) is 0 Å². The van der Waals surface area contributed by atoms with Crippen LogP contribution < -0.4 is 5.73 Å². The summed E-state index contributed by atoms with van der Waals surface area (Å²) in [7, 11) is 1.84. The Labute approximate surface area is 68.1 Å². The Morgan fingerprint density at radius 1 is 1.00 bits per heavy atom. The van der Waals surface area contributed by atoms with Crippen LogP contribution in [0.3, 0.4) is 0 Å². The number of ether oxygens (including phenoxy) is 1. The van der Waals surface area contributed by atoms with Crippen LogP contribution in [0.2, 0.25) is 0 Å². The van der Waals surface area contributed by atoms with Crippen LogP contribution in [0.25, 0.3) is 0 Å². The molecule has 0 unspecified atom stereocenters. The minimum atomic E-state index is 0.181. The lowest BCUT2D eigenvalue weighted by molar-refractivity contribution is -0.0929. The molecule has 3 rings (SSSR count). The van der Waals surface area contributed by atoms with E-state index in [1.165, 1.54) is 38.5 Å². The van der Waals surface area contributed by atoms with Gasteiger partial charge in [0.25, 0.3) is 0 Å². The average molecular weight is 155 g/mol. The zero-order valence-electron chi connectivity index (χ0n) is 7.23. The normalized spacial score (nSPS) is 49.6. The van der Waals surface area contributed by atoms with Crippen LogP contribution in [0, 0.1) is 0 Å². The predicted molar refractivity (Wildman–Crippen MR) is 44.4 cm³/mol. The van der Waals surface area contributed by atoms with Crippen LogP contribution in [-0.4, -0.2) is 18.2 Å². The second kappa shape index (κ2) is 2.20. The van der Waals surface area contributed by atoms with Gasteiger partial charge >= 0.3 is 0 Å². The molecule has 0 aromatic rings. The van der Waals surface area contributed by atoms with Gasteiger partial charge in [0.2, 0.25) is 0 Å². The summed E-state index contributed by atoms with van der Waals surface area (Å²) in [6.07, 6.45) is 7.04. The van der Waals surface area contributed by atoms with Gasteiger partial charge in [-0.15, -0.1) is 0 Å². The second-order valence-electron chi connectivity index (χ2n) is 4.25. The van der Waals surface area contributed by atoms with Crippen molar-refractivity contribution in [2.24, 2.45) is 5.73 Å². The first-order chi connectivity index (χ1) is 5.18. The van der Waals surface area contributed by atoms with Gasteiger partial charge in [0.1, 0.15) is 0 Å². The standard InChI is InChI=1S/C9H17NO/c1-11-9-5-2-8(10,3-6-9)4-7-9/h2-7,10H2,1H3. The van der Waals surface area contributed by atoms with Gasteiger partial charge in [0.15, 0.2) is 0 Å². The quantitative estimate of drug-likeness (QED) is 0.622. The molecule has 3 aliphatic rings. The smallest absolute Gasteiger partial charge is 0.0680 e. The van der Waals surface area contributed by atoms with E-state index >= 15 is 0 Å². The molecule has 0 atom stereocenters. The minimum Gasteiger partial charge on any atom is -0.378 e. The summed E-state index contributed by atoms with van der Waals surface area (Å²) in [5, 5.41) is 0. The third kappa shape index (κ3) is 1.09. The van der Waals surface area contributed by atoms with Crippen molar-refractivity contribution in [1.29, 1.82) is 0 Å². The number of hydrogen-bond donors (Lipinski definition) is 1. The first-order valence-electron chi connectivity index (χ1n) is 4.52. The maximum absolute atomic E-state index is 6.15. The fraction of sp³-hybridized carbons (Fsp3) is 1.00. The number of hydrogen-bond acceptors (Lipinski definition) is 2. The lowest BCUT2D eigenvalue weighted by Gasteiger charge is -2.50. The highest BCUT2D eigenvalue weighted by Crippen LogP contribution is 2.46. The van der Waals surface area contributed by atoms with Gasteiger partial charge in [0.05, 0.1) is 5.60 Å². The number of fused-ring (bicyclic) bond motifs is 3. The molecular weight excluding hydrogens is 138 g/mol. The van der Waals surface area contributed by atoms with Crippen molar-refractivity contribution in [3.8, 4) is 0 Å². The van der Waals surface area contributed by atoms with Crippen molar-refractivity contribution in [3.05, 3.63) is 0 Å². The van der Waals surface area contributed by atoms with Gasteiger partial charge in [-0.1, -0.05) is 0 Å². The lowest BCUT2D eigenvalue weighted by Crippen LogP contribution is -2.55. The number of methoxy groups -OCH3 is 1. The van der Waals surface area contributed by atoms with Crippen LogP contribution in [0.4, 0.5) is 0 Å². The van der Waals surface area contributed by atoms with E-state index in [2.05, 4.69) is 0 Å². The van der Waals surface area contributed by atoms with Gasteiger partial charge in [0, 0.05) is 12.6 Å². The van der Waals surface area contributed by atoms with Crippen LogP contribution >= 0.6 is 0 Å². The first-order valence-corrected chi connectivity index (χ1v) is 4.52. The highest BCUT2D eigenvalue weighted by Gasteiger charge is 2.46. The monoisotopic (exact) mass is 155 g/mol. The Bertz CT molecular complexity index is 142. The summed E-state index contributed by atoms with van der Waals surface area (Å²) in [6.45, 7) is 0. The van der Waals surface area contributed by atoms with Crippen molar-refractivity contribution < 1.29 is 4.74 Å². The molecule has 0 aromatic heterocycles. The van der Waals surface area contributed by atoms with Gasteiger partial charge in [-0.05, 0) is 38.5 Å². The Morgan fingerprint density at radius 2 is 1.45 bits per heavy atom. The zero-order valence-corrected chi connectivity index (χ0v) is 7.23. The second-order valence-corrected chi connectivity index (χ2v) is 4.25. The van der Waals surface area contributed by atoms with E-state index in [-0.39, 0.29) is 11.1 Å². The van der Waals surface area contributed by atoms with Crippen LogP contribution in [-0.2, 0) is 4.74 Å². The van der Waals surface area contributed by atoms with Crippen LogP contribution in [0.1, 0.15) is 38.5 Å². The first kappa shape index (κ1) is 7.56. The third-order valence-electron chi connectivity index (χ3n) is 3.67. The fourth-order valence-electron chi connectivity index (χ4n) is 2.49. The Morgan fingerprint density at radius 3 is 1.82 bits per heavy atom. The molecule has 11 heavy (non-hydrogen) atoms. The minimum absolute atomic E-state index is 0.181. The molecular formula is C9H17NO. The molecule has 2 heteroatoms. The van der Waals surface area contributed by atoms with E-state index in [4.69, 9.17) is 10.5 Å².